The molecule has 1 atom stereocenters. The second-order valence-electron chi connectivity index (χ2n) is 2.95. The van der Waals surface area contributed by atoms with Crippen LogP contribution in [0.15, 0.2) is 24.3 Å². The summed E-state index contributed by atoms with van der Waals surface area (Å²) in [6.45, 7) is 2.98. The molecule has 0 saturated heterocycles. The van der Waals surface area contributed by atoms with E-state index in [1.807, 2.05) is 24.3 Å². The molecule has 13 heavy (non-hydrogen) atoms. The third-order valence-corrected chi connectivity index (χ3v) is 2.42. The molecule has 0 saturated carbocycles. The fourth-order valence-electron chi connectivity index (χ4n) is 1.21. The largest absolute Gasteiger partial charge is 0.385 e. The molecule has 0 amide bonds. The molecule has 0 aromatic heterocycles. The van der Waals surface area contributed by atoms with Gasteiger partial charge in [-0.05, 0) is 24.6 Å². The maximum Gasteiger partial charge on any atom is 0.0483 e. The van der Waals surface area contributed by atoms with Gasteiger partial charge < -0.3 is 5.32 Å². The van der Waals surface area contributed by atoms with Crippen LogP contribution in [0.3, 0.4) is 0 Å². The van der Waals surface area contributed by atoms with E-state index in [0.717, 1.165) is 17.8 Å². The van der Waals surface area contributed by atoms with Gasteiger partial charge in [0.1, 0.15) is 0 Å². The minimum absolute atomic E-state index is 0.638. The lowest BCUT2D eigenvalue weighted by molar-refractivity contribution is 0.686. The number of hydrogen-bond acceptors (Lipinski definition) is 2. The van der Waals surface area contributed by atoms with Crippen LogP contribution < -0.4 is 5.32 Å². The topological polar surface area (TPSA) is 29.1 Å². The fraction of sp³-hybridized carbons (Fsp3) is 0.400. The molecule has 72 valence electrons. The van der Waals surface area contributed by atoms with E-state index in [2.05, 4.69) is 12.2 Å². The molecule has 0 aliphatic carbocycles. The fourth-order valence-corrected chi connectivity index (χ4v) is 1.86. The average Bonchev–Trinajstić information content (AvgIpc) is 2.04. The molecule has 3 heteroatoms. The molecule has 1 rings (SSSR count). The minimum Gasteiger partial charge on any atom is -0.385 e. The molecule has 0 spiro atoms. The van der Waals surface area contributed by atoms with E-state index in [1.54, 1.807) is 6.26 Å². The molecule has 0 aliphatic rings. The highest BCUT2D eigenvalue weighted by atomic mass is 32.2. The van der Waals surface area contributed by atoms with E-state index >= 15 is 0 Å². The van der Waals surface area contributed by atoms with Gasteiger partial charge in [-0.25, -0.2) is 0 Å². The van der Waals surface area contributed by atoms with Gasteiger partial charge in [0.05, 0.1) is 0 Å². The number of hydrogen-bond donors (Lipinski definition) is 1. The van der Waals surface area contributed by atoms with E-state index in [1.165, 1.54) is 0 Å². The molecule has 0 heterocycles. The van der Waals surface area contributed by atoms with Gasteiger partial charge in [-0.1, -0.05) is 12.1 Å². The van der Waals surface area contributed by atoms with Crippen LogP contribution in [0.2, 0.25) is 0 Å². The molecule has 0 fully saturated rings. The summed E-state index contributed by atoms with van der Waals surface area (Å²) in [5.74, 6) is 0.638. The summed E-state index contributed by atoms with van der Waals surface area (Å²) >= 11 is 0. The van der Waals surface area contributed by atoms with Crippen LogP contribution >= 0.6 is 0 Å². The second-order valence-corrected chi connectivity index (χ2v) is 4.38. The van der Waals surface area contributed by atoms with Gasteiger partial charge in [-0.2, -0.15) is 0 Å². The van der Waals surface area contributed by atoms with Gasteiger partial charge in [0.25, 0.3) is 0 Å². The van der Waals surface area contributed by atoms with Crippen molar-refractivity contribution in [3.8, 4) is 0 Å². The molecule has 0 bridgehead atoms. The van der Waals surface area contributed by atoms with Crippen molar-refractivity contribution in [1.82, 2.24) is 0 Å². The predicted molar refractivity (Wildman–Crippen MR) is 58.4 cm³/mol. The Balaban J connectivity index is 2.73. The zero-order valence-electron chi connectivity index (χ0n) is 8.04. The molecule has 1 aromatic rings. The maximum absolute atomic E-state index is 11.0. The summed E-state index contributed by atoms with van der Waals surface area (Å²) in [5, 5.41) is 3.22. The standard InChI is InChI=1S/C10H15NOS/c1-3-11-10-6-4-5-9(7-10)8-13(2)12/h4-7,11H,3,8H2,1-2H3. The Morgan fingerprint density at radius 3 is 2.85 bits per heavy atom. The van der Waals surface area contributed by atoms with Crippen LogP contribution in [-0.4, -0.2) is 17.0 Å². The lowest BCUT2D eigenvalue weighted by atomic mass is 10.2. The van der Waals surface area contributed by atoms with Crippen molar-refractivity contribution >= 4 is 16.5 Å². The third-order valence-electron chi connectivity index (χ3n) is 1.68. The highest BCUT2D eigenvalue weighted by molar-refractivity contribution is 7.83. The van der Waals surface area contributed by atoms with E-state index < -0.39 is 10.8 Å². The molecule has 2 nitrogen and oxygen atoms in total. The Labute approximate surface area is 81.8 Å². The quantitative estimate of drug-likeness (QED) is 0.800. The monoisotopic (exact) mass is 197 g/mol. The maximum atomic E-state index is 11.0. The van der Waals surface area contributed by atoms with E-state index in [4.69, 9.17) is 0 Å². The zero-order valence-corrected chi connectivity index (χ0v) is 8.86. The Morgan fingerprint density at radius 2 is 2.23 bits per heavy atom. The van der Waals surface area contributed by atoms with Crippen molar-refractivity contribution in [2.45, 2.75) is 12.7 Å². The van der Waals surface area contributed by atoms with Crippen LogP contribution in [0.1, 0.15) is 12.5 Å². The highest BCUT2D eigenvalue weighted by Gasteiger charge is 1.96. The van der Waals surface area contributed by atoms with Gasteiger partial charge in [0.2, 0.25) is 0 Å². The van der Waals surface area contributed by atoms with Gasteiger partial charge in [-0.3, -0.25) is 4.21 Å². The first-order valence-electron chi connectivity index (χ1n) is 4.35. The number of benzene rings is 1. The van der Waals surface area contributed by atoms with Crippen molar-refractivity contribution in [2.24, 2.45) is 0 Å². The van der Waals surface area contributed by atoms with Gasteiger partial charge in [0.15, 0.2) is 0 Å². The smallest absolute Gasteiger partial charge is 0.0483 e. The predicted octanol–water partition coefficient (Wildman–Crippen LogP) is 2.00. The van der Waals surface area contributed by atoms with Crippen LogP contribution in [0.25, 0.3) is 0 Å². The summed E-state index contributed by atoms with van der Waals surface area (Å²) in [5.41, 5.74) is 2.23. The average molecular weight is 197 g/mol. The minimum atomic E-state index is -0.757. The summed E-state index contributed by atoms with van der Waals surface area (Å²) in [6.07, 6.45) is 1.72. The normalized spacial score (nSPS) is 12.5. The van der Waals surface area contributed by atoms with Gasteiger partial charge in [0, 0.05) is 35.0 Å². The molecule has 0 aliphatic heterocycles. The summed E-state index contributed by atoms with van der Waals surface area (Å²) < 4.78 is 11.0. The van der Waals surface area contributed by atoms with Crippen molar-refractivity contribution in [3.05, 3.63) is 29.8 Å². The third kappa shape index (κ3) is 3.59. The Morgan fingerprint density at radius 1 is 1.46 bits per heavy atom. The molecular formula is C10H15NOS. The first-order chi connectivity index (χ1) is 6.22. The van der Waals surface area contributed by atoms with Crippen LogP contribution in [0, 0.1) is 0 Å². The van der Waals surface area contributed by atoms with Gasteiger partial charge >= 0.3 is 0 Å². The molecule has 1 N–H and O–H groups in total. The van der Waals surface area contributed by atoms with Crippen molar-refractivity contribution in [2.75, 3.05) is 18.1 Å². The summed E-state index contributed by atoms with van der Waals surface area (Å²) in [4.78, 5) is 0. The van der Waals surface area contributed by atoms with Crippen LogP contribution in [0.5, 0.6) is 0 Å². The van der Waals surface area contributed by atoms with Crippen molar-refractivity contribution in [3.63, 3.8) is 0 Å². The first kappa shape index (κ1) is 10.3. The second kappa shape index (κ2) is 5.02. The molecule has 1 unspecified atom stereocenters. The van der Waals surface area contributed by atoms with E-state index in [-0.39, 0.29) is 0 Å². The van der Waals surface area contributed by atoms with Crippen molar-refractivity contribution in [1.29, 1.82) is 0 Å². The Kier molecular flexibility index (Phi) is 3.96. The van der Waals surface area contributed by atoms with E-state index in [0.29, 0.717) is 5.75 Å². The van der Waals surface area contributed by atoms with Gasteiger partial charge in [-0.15, -0.1) is 0 Å². The lowest BCUT2D eigenvalue weighted by Gasteiger charge is -2.04. The lowest BCUT2D eigenvalue weighted by Crippen LogP contribution is -1.98. The molecule has 1 aromatic carbocycles. The zero-order chi connectivity index (χ0) is 9.68. The number of anilines is 1. The van der Waals surface area contributed by atoms with Crippen molar-refractivity contribution < 1.29 is 4.21 Å². The highest BCUT2D eigenvalue weighted by Crippen LogP contribution is 2.11. The Bertz CT molecular complexity index is 299. The van der Waals surface area contributed by atoms with Crippen LogP contribution in [-0.2, 0) is 16.6 Å². The first-order valence-corrected chi connectivity index (χ1v) is 6.08. The Hall–Kier alpha value is -0.830. The van der Waals surface area contributed by atoms with E-state index in [9.17, 15) is 4.21 Å². The molecular weight excluding hydrogens is 182 g/mol. The molecule has 0 radical (unpaired) electrons. The number of nitrogens with one attached hydrogen (secondary N) is 1. The SMILES string of the molecule is CCNc1cccc(CS(C)=O)c1. The number of rotatable bonds is 4. The van der Waals surface area contributed by atoms with Crippen LogP contribution in [0.4, 0.5) is 5.69 Å². The summed E-state index contributed by atoms with van der Waals surface area (Å²) in [6, 6.07) is 8.05. The summed E-state index contributed by atoms with van der Waals surface area (Å²) in [7, 11) is -0.757.